The van der Waals surface area contributed by atoms with Gasteiger partial charge in [-0.25, -0.2) is 0 Å². The van der Waals surface area contributed by atoms with Gasteiger partial charge in [-0.1, -0.05) is 42.0 Å². The lowest BCUT2D eigenvalue weighted by molar-refractivity contribution is -0.136. The largest absolute Gasteiger partial charge is 0.418 e. The first kappa shape index (κ1) is 20.9. The number of anilines is 2. The van der Waals surface area contributed by atoms with Gasteiger partial charge in [0, 0.05) is 0 Å². The van der Waals surface area contributed by atoms with Crippen molar-refractivity contribution in [3.05, 3.63) is 76.6 Å². The topological polar surface area (TPSA) is 41.9 Å². The average molecular weight is 418 g/mol. The zero-order valence-electron chi connectivity index (χ0n) is 16.3. The van der Waals surface area contributed by atoms with Gasteiger partial charge in [-0.3, -0.25) is 4.68 Å². The Bertz CT molecular complexity index is 1020. The molecule has 0 fully saturated rings. The minimum Gasteiger partial charge on any atom is -0.332 e. The summed E-state index contributed by atoms with van der Waals surface area (Å²) in [4.78, 5) is 0. The van der Waals surface area contributed by atoms with Gasteiger partial charge in [0.1, 0.15) is 0 Å². The van der Waals surface area contributed by atoms with Crippen LogP contribution < -0.4 is 10.6 Å². The van der Waals surface area contributed by atoms with Crippen LogP contribution in [0.1, 0.15) is 28.1 Å². The van der Waals surface area contributed by atoms with E-state index in [2.05, 4.69) is 15.7 Å². The molecule has 152 valence electrons. The van der Waals surface area contributed by atoms with Crippen molar-refractivity contribution in [2.45, 2.75) is 33.5 Å². The van der Waals surface area contributed by atoms with Gasteiger partial charge >= 0.3 is 6.18 Å². The standard InChI is InChI=1S/C21H21F3N4S/c1-13-8-10-16(11-9-13)12-28-15(3)19(14(2)27-28)26-20(29)25-18-7-5-4-6-17(18)21(22,23)24/h4-11H,12H2,1-3H3,(H2,25,26,29). The monoisotopic (exact) mass is 418 g/mol. The number of halogens is 3. The maximum Gasteiger partial charge on any atom is 0.418 e. The molecule has 1 heterocycles. The van der Waals surface area contributed by atoms with E-state index in [9.17, 15) is 13.2 Å². The maximum atomic E-state index is 13.2. The van der Waals surface area contributed by atoms with E-state index < -0.39 is 11.7 Å². The smallest absolute Gasteiger partial charge is 0.332 e. The average Bonchev–Trinajstić information content (AvgIpc) is 2.90. The first-order valence-electron chi connectivity index (χ1n) is 8.99. The van der Waals surface area contributed by atoms with Gasteiger partial charge in [-0.2, -0.15) is 18.3 Å². The number of aryl methyl sites for hydroxylation is 2. The van der Waals surface area contributed by atoms with E-state index in [1.54, 1.807) is 0 Å². The summed E-state index contributed by atoms with van der Waals surface area (Å²) in [7, 11) is 0. The molecule has 0 unspecified atom stereocenters. The fraction of sp³-hybridized carbons (Fsp3) is 0.238. The predicted octanol–water partition coefficient (Wildman–Crippen LogP) is 5.68. The van der Waals surface area contributed by atoms with Crippen LogP contribution in [0.3, 0.4) is 0 Å². The van der Waals surface area contributed by atoms with Crippen LogP contribution in [0.2, 0.25) is 0 Å². The molecule has 0 bridgehead atoms. The Morgan fingerprint density at radius 3 is 2.31 bits per heavy atom. The molecule has 0 aliphatic rings. The molecule has 29 heavy (non-hydrogen) atoms. The number of rotatable bonds is 4. The number of para-hydroxylation sites is 1. The quantitative estimate of drug-likeness (QED) is 0.535. The van der Waals surface area contributed by atoms with E-state index in [0.29, 0.717) is 17.9 Å². The van der Waals surface area contributed by atoms with Gasteiger partial charge in [0.2, 0.25) is 0 Å². The fourth-order valence-electron chi connectivity index (χ4n) is 3.00. The number of hydrogen-bond acceptors (Lipinski definition) is 2. The summed E-state index contributed by atoms with van der Waals surface area (Å²) >= 11 is 5.25. The van der Waals surface area contributed by atoms with Crippen molar-refractivity contribution in [2.75, 3.05) is 10.6 Å². The number of nitrogens with zero attached hydrogens (tertiary/aromatic N) is 2. The van der Waals surface area contributed by atoms with Crippen LogP contribution in [0.5, 0.6) is 0 Å². The molecule has 3 rings (SSSR count). The second-order valence-corrected chi connectivity index (χ2v) is 7.22. The molecule has 1 aromatic heterocycles. The van der Waals surface area contributed by atoms with Gasteiger partial charge < -0.3 is 10.6 Å². The van der Waals surface area contributed by atoms with Gasteiger partial charge in [-0.05, 0) is 50.7 Å². The zero-order valence-corrected chi connectivity index (χ0v) is 17.1. The van der Waals surface area contributed by atoms with Crippen molar-refractivity contribution in [3.8, 4) is 0 Å². The third kappa shape index (κ3) is 4.95. The van der Waals surface area contributed by atoms with Gasteiger partial charge in [0.15, 0.2) is 5.11 Å². The number of thiocarbonyl (C=S) groups is 1. The molecule has 2 aromatic carbocycles. The zero-order chi connectivity index (χ0) is 21.2. The molecule has 2 N–H and O–H groups in total. The molecule has 8 heteroatoms. The number of benzene rings is 2. The molecule has 0 aliphatic carbocycles. The van der Waals surface area contributed by atoms with Crippen molar-refractivity contribution in [1.29, 1.82) is 0 Å². The predicted molar refractivity (Wildman–Crippen MR) is 113 cm³/mol. The fourth-order valence-corrected chi connectivity index (χ4v) is 3.22. The van der Waals surface area contributed by atoms with Crippen LogP contribution in [-0.4, -0.2) is 14.9 Å². The second kappa shape index (κ2) is 8.24. The van der Waals surface area contributed by atoms with Crippen molar-refractivity contribution in [2.24, 2.45) is 0 Å². The van der Waals surface area contributed by atoms with Crippen molar-refractivity contribution in [3.63, 3.8) is 0 Å². The minimum atomic E-state index is -4.47. The Morgan fingerprint density at radius 2 is 1.66 bits per heavy atom. The first-order valence-corrected chi connectivity index (χ1v) is 9.40. The molecular weight excluding hydrogens is 397 g/mol. The molecule has 3 aromatic rings. The summed E-state index contributed by atoms with van der Waals surface area (Å²) in [5.74, 6) is 0. The van der Waals surface area contributed by atoms with E-state index in [-0.39, 0.29) is 10.8 Å². The highest BCUT2D eigenvalue weighted by molar-refractivity contribution is 7.80. The Balaban J connectivity index is 1.76. The van der Waals surface area contributed by atoms with E-state index >= 15 is 0 Å². The highest BCUT2D eigenvalue weighted by Gasteiger charge is 2.33. The molecular formula is C21H21F3N4S. The molecule has 4 nitrogen and oxygen atoms in total. The van der Waals surface area contributed by atoms with E-state index in [4.69, 9.17) is 12.2 Å². The highest BCUT2D eigenvalue weighted by Crippen LogP contribution is 2.34. The van der Waals surface area contributed by atoms with Crippen LogP contribution in [0, 0.1) is 20.8 Å². The lowest BCUT2D eigenvalue weighted by Crippen LogP contribution is -2.22. The minimum absolute atomic E-state index is 0.0720. The van der Waals surface area contributed by atoms with Crippen LogP contribution in [0.15, 0.2) is 48.5 Å². The summed E-state index contributed by atoms with van der Waals surface area (Å²) in [5.41, 5.74) is 3.65. The van der Waals surface area contributed by atoms with E-state index in [1.165, 1.54) is 23.8 Å². The SMILES string of the molecule is Cc1ccc(Cn2nc(C)c(NC(=S)Nc3ccccc3C(F)(F)F)c2C)cc1. The van der Waals surface area contributed by atoms with E-state index in [1.807, 2.05) is 49.7 Å². The molecule has 0 amide bonds. The maximum absolute atomic E-state index is 13.2. The van der Waals surface area contributed by atoms with Crippen molar-refractivity contribution < 1.29 is 13.2 Å². The summed E-state index contributed by atoms with van der Waals surface area (Å²) in [6.45, 7) is 6.34. The van der Waals surface area contributed by atoms with Crippen LogP contribution >= 0.6 is 12.2 Å². The third-order valence-electron chi connectivity index (χ3n) is 4.55. The van der Waals surface area contributed by atoms with Gasteiger partial charge in [0.25, 0.3) is 0 Å². The summed E-state index contributed by atoms with van der Waals surface area (Å²) < 4.78 is 41.4. The number of alkyl halides is 3. The number of nitrogens with one attached hydrogen (secondary N) is 2. The summed E-state index contributed by atoms with van der Waals surface area (Å²) in [6, 6.07) is 13.4. The summed E-state index contributed by atoms with van der Waals surface area (Å²) in [6.07, 6.45) is -4.47. The molecule has 0 saturated heterocycles. The molecule has 0 aliphatic heterocycles. The second-order valence-electron chi connectivity index (χ2n) is 6.81. The van der Waals surface area contributed by atoms with Gasteiger partial charge in [0.05, 0.1) is 34.9 Å². The molecule has 0 atom stereocenters. The normalized spacial score (nSPS) is 11.4. The van der Waals surface area contributed by atoms with Crippen molar-refractivity contribution >= 4 is 28.7 Å². The van der Waals surface area contributed by atoms with Crippen LogP contribution in [-0.2, 0) is 12.7 Å². The van der Waals surface area contributed by atoms with Gasteiger partial charge in [-0.15, -0.1) is 0 Å². The summed E-state index contributed by atoms with van der Waals surface area (Å²) in [5, 5.41) is 10.2. The first-order chi connectivity index (χ1) is 13.6. The third-order valence-corrected chi connectivity index (χ3v) is 4.76. The Morgan fingerprint density at radius 1 is 1.00 bits per heavy atom. The lowest BCUT2D eigenvalue weighted by Gasteiger charge is -2.16. The Kier molecular flexibility index (Phi) is 5.93. The van der Waals surface area contributed by atoms with Crippen molar-refractivity contribution in [1.82, 2.24) is 9.78 Å². The lowest BCUT2D eigenvalue weighted by atomic mass is 10.1. The molecule has 0 saturated carbocycles. The molecule has 0 spiro atoms. The molecule has 0 radical (unpaired) electrons. The van der Waals surface area contributed by atoms with Crippen LogP contribution in [0.25, 0.3) is 0 Å². The number of aromatic nitrogens is 2. The van der Waals surface area contributed by atoms with Crippen LogP contribution in [0.4, 0.5) is 24.5 Å². The Hall–Kier alpha value is -2.87. The Labute approximate surface area is 172 Å². The van der Waals surface area contributed by atoms with E-state index in [0.717, 1.165) is 17.3 Å². The number of hydrogen-bond donors (Lipinski definition) is 2. The highest BCUT2D eigenvalue weighted by atomic mass is 32.1.